The summed E-state index contributed by atoms with van der Waals surface area (Å²) >= 11 is 0. The standard InChI is InChI=1S/C16H20N2O3/c19-11-13-5-3-9-18(13)16(20)17-8-7-14-10-12-4-1-2-6-15(12)21-14/h1-2,4,6,10,13,19H,3,5,7-9,11H2,(H,17,20)/t13-/m1/s1. The summed E-state index contributed by atoms with van der Waals surface area (Å²) in [7, 11) is 0. The van der Waals surface area contributed by atoms with E-state index in [9.17, 15) is 9.90 Å². The third kappa shape index (κ3) is 3.03. The molecule has 1 aliphatic rings. The molecule has 0 saturated carbocycles. The minimum absolute atomic E-state index is 0.0313. The summed E-state index contributed by atoms with van der Waals surface area (Å²) < 4.78 is 5.71. The van der Waals surface area contributed by atoms with E-state index in [1.807, 2.05) is 30.3 Å². The fraction of sp³-hybridized carbons (Fsp3) is 0.438. The Kier molecular flexibility index (Phi) is 4.10. The maximum atomic E-state index is 12.1. The first-order valence-corrected chi connectivity index (χ1v) is 7.40. The molecule has 1 atom stereocenters. The lowest BCUT2D eigenvalue weighted by atomic mass is 10.2. The van der Waals surface area contributed by atoms with Crippen LogP contribution in [0.25, 0.3) is 11.0 Å². The van der Waals surface area contributed by atoms with Crippen LogP contribution in [0.4, 0.5) is 4.79 Å². The number of carbonyl (C=O) groups excluding carboxylic acids is 1. The third-order valence-corrected chi connectivity index (χ3v) is 3.97. The molecular formula is C16H20N2O3. The van der Waals surface area contributed by atoms with Gasteiger partial charge in [0.2, 0.25) is 0 Å². The first kappa shape index (κ1) is 13.9. The number of furan rings is 1. The van der Waals surface area contributed by atoms with Gasteiger partial charge in [-0.2, -0.15) is 0 Å². The Bertz CT molecular complexity index is 590. The molecule has 2 amide bonds. The van der Waals surface area contributed by atoms with E-state index in [1.54, 1.807) is 4.90 Å². The van der Waals surface area contributed by atoms with Crippen LogP contribution in [0.5, 0.6) is 0 Å². The second kappa shape index (κ2) is 6.18. The van der Waals surface area contributed by atoms with Crippen LogP contribution in [-0.2, 0) is 6.42 Å². The van der Waals surface area contributed by atoms with Crippen molar-refractivity contribution in [2.45, 2.75) is 25.3 Å². The van der Waals surface area contributed by atoms with Gasteiger partial charge in [-0.1, -0.05) is 18.2 Å². The van der Waals surface area contributed by atoms with E-state index in [0.29, 0.717) is 13.0 Å². The number of carbonyl (C=O) groups is 1. The molecule has 2 N–H and O–H groups in total. The van der Waals surface area contributed by atoms with Crippen LogP contribution in [0, 0.1) is 0 Å². The van der Waals surface area contributed by atoms with Gasteiger partial charge in [0.25, 0.3) is 0 Å². The molecule has 0 radical (unpaired) electrons. The molecule has 3 rings (SSSR count). The minimum atomic E-state index is -0.0948. The molecule has 5 heteroatoms. The Morgan fingerprint density at radius 1 is 1.43 bits per heavy atom. The number of aliphatic hydroxyl groups excluding tert-OH is 1. The van der Waals surface area contributed by atoms with Crippen molar-refractivity contribution in [3.05, 3.63) is 36.1 Å². The van der Waals surface area contributed by atoms with Gasteiger partial charge >= 0.3 is 6.03 Å². The highest BCUT2D eigenvalue weighted by atomic mass is 16.3. The van der Waals surface area contributed by atoms with Gasteiger partial charge in [0.1, 0.15) is 11.3 Å². The number of para-hydroxylation sites is 1. The fourth-order valence-corrected chi connectivity index (χ4v) is 2.85. The van der Waals surface area contributed by atoms with Crippen molar-refractivity contribution in [2.24, 2.45) is 0 Å². The molecule has 2 heterocycles. The zero-order valence-corrected chi connectivity index (χ0v) is 11.9. The van der Waals surface area contributed by atoms with Gasteiger partial charge in [0, 0.05) is 24.9 Å². The monoisotopic (exact) mass is 288 g/mol. The number of aliphatic hydroxyl groups is 1. The van der Waals surface area contributed by atoms with Gasteiger partial charge < -0.3 is 19.7 Å². The molecular weight excluding hydrogens is 268 g/mol. The minimum Gasteiger partial charge on any atom is -0.461 e. The fourth-order valence-electron chi connectivity index (χ4n) is 2.85. The lowest BCUT2D eigenvalue weighted by molar-refractivity contribution is 0.157. The first-order valence-electron chi connectivity index (χ1n) is 7.40. The molecule has 1 aromatic carbocycles. The highest BCUT2D eigenvalue weighted by molar-refractivity contribution is 5.77. The van der Waals surface area contributed by atoms with E-state index in [0.717, 1.165) is 36.1 Å². The third-order valence-electron chi connectivity index (χ3n) is 3.97. The summed E-state index contributed by atoms with van der Waals surface area (Å²) in [5.74, 6) is 0.872. The van der Waals surface area contributed by atoms with Crippen LogP contribution in [-0.4, -0.2) is 41.8 Å². The van der Waals surface area contributed by atoms with E-state index >= 15 is 0 Å². The summed E-state index contributed by atoms with van der Waals surface area (Å²) in [6, 6.07) is 9.75. The van der Waals surface area contributed by atoms with Crippen molar-refractivity contribution in [3.63, 3.8) is 0 Å². The molecule has 21 heavy (non-hydrogen) atoms. The normalized spacial score (nSPS) is 18.3. The number of hydrogen-bond acceptors (Lipinski definition) is 3. The average molecular weight is 288 g/mol. The average Bonchev–Trinajstić information content (AvgIpc) is 3.12. The maximum absolute atomic E-state index is 12.1. The molecule has 1 aromatic heterocycles. The number of nitrogens with one attached hydrogen (secondary N) is 1. The largest absolute Gasteiger partial charge is 0.461 e. The topological polar surface area (TPSA) is 65.7 Å². The highest BCUT2D eigenvalue weighted by Crippen LogP contribution is 2.19. The second-order valence-electron chi connectivity index (χ2n) is 5.40. The van der Waals surface area contributed by atoms with Crippen LogP contribution in [0.2, 0.25) is 0 Å². The Hall–Kier alpha value is -2.01. The van der Waals surface area contributed by atoms with Crippen molar-refractivity contribution in [1.29, 1.82) is 0 Å². The SMILES string of the molecule is O=C(NCCc1cc2ccccc2o1)N1CCC[C@@H]1CO. The molecule has 2 aromatic rings. The van der Waals surface area contributed by atoms with Crippen molar-refractivity contribution in [1.82, 2.24) is 10.2 Å². The van der Waals surface area contributed by atoms with Gasteiger partial charge in [0.05, 0.1) is 12.6 Å². The van der Waals surface area contributed by atoms with Crippen LogP contribution in [0.1, 0.15) is 18.6 Å². The molecule has 0 aliphatic carbocycles. The second-order valence-corrected chi connectivity index (χ2v) is 5.40. The Morgan fingerprint density at radius 3 is 3.10 bits per heavy atom. The molecule has 0 unspecified atom stereocenters. The Balaban J connectivity index is 1.52. The van der Waals surface area contributed by atoms with Gasteiger partial charge in [-0.25, -0.2) is 4.79 Å². The highest BCUT2D eigenvalue weighted by Gasteiger charge is 2.27. The lowest BCUT2D eigenvalue weighted by Crippen LogP contribution is -2.44. The number of urea groups is 1. The van der Waals surface area contributed by atoms with E-state index in [-0.39, 0.29) is 18.7 Å². The molecule has 112 valence electrons. The number of rotatable bonds is 4. The Labute approximate surface area is 123 Å². The van der Waals surface area contributed by atoms with E-state index < -0.39 is 0 Å². The van der Waals surface area contributed by atoms with Crippen molar-refractivity contribution >= 4 is 17.0 Å². The van der Waals surface area contributed by atoms with Gasteiger partial charge in [-0.15, -0.1) is 0 Å². The summed E-state index contributed by atoms with van der Waals surface area (Å²) in [5, 5.41) is 13.2. The number of hydrogen-bond donors (Lipinski definition) is 2. The lowest BCUT2D eigenvalue weighted by Gasteiger charge is -2.23. The summed E-state index contributed by atoms with van der Waals surface area (Å²) in [4.78, 5) is 13.8. The predicted octanol–water partition coefficient (Wildman–Crippen LogP) is 2.14. The molecule has 1 saturated heterocycles. The van der Waals surface area contributed by atoms with E-state index in [1.165, 1.54) is 0 Å². The number of benzene rings is 1. The Morgan fingerprint density at radius 2 is 2.29 bits per heavy atom. The molecule has 1 fully saturated rings. The van der Waals surface area contributed by atoms with Gasteiger partial charge in [-0.05, 0) is 25.0 Å². The van der Waals surface area contributed by atoms with Crippen LogP contribution < -0.4 is 5.32 Å². The number of amides is 2. The van der Waals surface area contributed by atoms with Gasteiger partial charge in [-0.3, -0.25) is 0 Å². The van der Waals surface area contributed by atoms with Crippen molar-refractivity contribution < 1.29 is 14.3 Å². The molecule has 0 bridgehead atoms. The van der Waals surface area contributed by atoms with Crippen LogP contribution in [0.15, 0.2) is 34.7 Å². The van der Waals surface area contributed by atoms with Crippen LogP contribution >= 0.6 is 0 Å². The molecule has 1 aliphatic heterocycles. The van der Waals surface area contributed by atoms with E-state index in [2.05, 4.69) is 5.32 Å². The quantitative estimate of drug-likeness (QED) is 0.906. The van der Waals surface area contributed by atoms with Gasteiger partial charge in [0.15, 0.2) is 0 Å². The zero-order valence-electron chi connectivity index (χ0n) is 11.9. The summed E-state index contributed by atoms with van der Waals surface area (Å²) in [5.41, 5.74) is 0.874. The number of nitrogens with zero attached hydrogens (tertiary/aromatic N) is 1. The van der Waals surface area contributed by atoms with E-state index in [4.69, 9.17) is 4.42 Å². The van der Waals surface area contributed by atoms with Crippen molar-refractivity contribution in [2.75, 3.05) is 19.7 Å². The van der Waals surface area contributed by atoms with Crippen molar-refractivity contribution in [3.8, 4) is 0 Å². The predicted molar refractivity (Wildman–Crippen MR) is 80.1 cm³/mol. The summed E-state index contributed by atoms with van der Waals surface area (Å²) in [6.45, 7) is 1.30. The molecule has 5 nitrogen and oxygen atoms in total. The van der Waals surface area contributed by atoms with Crippen LogP contribution in [0.3, 0.4) is 0 Å². The number of fused-ring (bicyclic) bond motifs is 1. The molecule has 0 spiro atoms. The smallest absolute Gasteiger partial charge is 0.317 e. The number of likely N-dealkylation sites (tertiary alicyclic amines) is 1. The first-order chi connectivity index (χ1) is 10.3. The maximum Gasteiger partial charge on any atom is 0.317 e. The zero-order chi connectivity index (χ0) is 14.7. The summed E-state index contributed by atoms with van der Waals surface area (Å²) in [6.07, 6.45) is 2.51.